The summed E-state index contributed by atoms with van der Waals surface area (Å²) in [6, 6.07) is 16.0. The van der Waals surface area contributed by atoms with Crippen molar-refractivity contribution in [3.05, 3.63) is 65.2 Å². The lowest BCUT2D eigenvalue weighted by Gasteiger charge is -2.20. The van der Waals surface area contributed by atoms with Crippen LogP contribution in [0.5, 0.6) is 5.75 Å². The summed E-state index contributed by atoms with van der Waals surface area (Å²) in [5.41, 5.74) is 3.63. The Hall–Kier alpha value is -2.49. The van der Waals surface area contributed by atoms with E-state index in [1.54, 1.807) is 0 Å². The summed E-state index contributed by atoms with van der Waals surface area (Å²) in [4.78, 5) is 12.2. The third kappa shape index (κ3) is 5.80. The molecule has 0 aliphatic rings. The first-order valence-corrected chi connectivity index (χ1v) is 9.31. The summed E-state index contributed by atoms with van der Waals surface area (Å²) in [6.45, 7) is 10.2. The predicted octanol–water partition coefficient (Wildman–Crippen LogP) is 5.16. The monoisotopic (exact) mass is 354 g/mol. The molecule has 0 aliphatic carbocycles. The smallest absolute Gasteiger partial charge is 0.318 e. The molecule has 2 amide bonds. The van der Waals surface area contributed by atoms with E-state index in [1.165, 1.54) is 11.1 Å². The van der Waals surface area contributed by atoms with Crippen molar-refractivity contribution in [2.24, 2.45) is 0 Å². The van der Waals surface area contributed by atoms with Gasteiger partial charge in [0.1, 0.15) is 5.75 Å². The number of amides is 2. The van der Waals surface area contributed by atoms with Gasteiger partial charge in [0.25, 0.3) is 0 Å². The molecule has 2 rings (SSSR count). The number of rotatable bonds is 7. The summed E-state index contributed by atoms with van der Waals surface area (Å²) < 4.78 is 5.77. The molecule has 2 aromatic carbocycles. The Labute approximate surface area is 157 Å². The van der Waals surface area contributed by atoms with Gasteiger partial charge in [-0.25, -0.2) is 4.79 Å². The lowest BCUT2D eigenvalue weighted by atomic mass is 10.0. The molecular formula is C22H30N2O2. The van der Waals surface area contributed by atoms with Crippen LogP contribution in [0.2, 0.25) is 0 Å². The van der Waals surface area contributed by atoms with Crippen LogP contribution in [0.25, 0.3) is 0 Å². The van der Waals surface area contributed by atoms with Gasteiger partial charge in [-0.2, -0.15) is 0 Å². The zero-order valence-corrected chi connectivity index (χ0v) is 16.4. The maximum absolute atomic E-state index is 12.2. The molecule has 4 heteroatoms. The fourth-order valence-corrected chi connectivity index (χ4v) is 2.71. The van der Waals surface area contributed by atoms with Crippen LogP contribution in [0.15, 0.2) is 48.5 Å². The highest BCUT2D eigenvalue weighted by atomic mass is 16.5. The van der Waals surface area contributed by atoms with Gasteiger partial charge in [0.05, 0.1) is 6.04 Å². The minimum Gasteiger partial charge on any atom is -0.471 e. The summed E-state index contributed by atoms with van der Waals surface area (Å²) in [5, 5.41) is 5.76. The van der Waals surface area contributed by atoms with Gasteiger partial charge in [-0.3, -0.25) is 0 Å². The standard InChI is InChI=1S/C22H30N2O2/c1-6-18-7-9-20(10-8-18)16(4)23-22(25)24-17(5)26-21-13-11-19(12-14-21)15(2)3/h7-17H,6H2,1-5H3,(H2,23,24,25). The van der Waals surface area contributed by atoms with E-state index in [0.717, 1.165) is 17.7 Å². The Morgan fingerprint density at radius 2 is 1.46 bits per heavy atom. The van der Waals surface area contributed by atoms with E-state index < -0.39 is 6.23 Å². The minimum atomic E-state index is -0.422. The Morgan fingerprint density at radius 3 is 2.00 bits per heavy atom. The van der Waals surface area contributed by atoms with Gasteiger partial charge in [0.15, 0.2) is 6.23 Å². The van der Waals surface area contributed by atoms with Gasteiger partial charge in [0.2, 0.25) is 0 Å². The number of ether oxygens (including phenoxy) is 1. The molecule has 4 nitrogen and oxygen atoms in total. The van der Waals surface area contributed by atoms with Crippen molar-refractivity contribution in [1.82, 2.24) is 10.6 Å². The molecule has 26 heavy (non-hydrogen) atoms. The fraction of sp³-hybridized carbons (Fsp3) is 0.409. The molecular weight excluding hydrogens is 324 g/mol. The van der Waals surface area contributed by atoms with Crippen LogP contribution in [0.1, 0.15) is 63.3 Å². The van der Waals surface area contributed by atoms with Crippen LogP contribution >= 0.6 is 0 Å². The third-order valence-electron chi connectivity index (χ3n) is 4.43. The molecule has 0 spiro atoms. The number of urea groups is 1. The molecule has 0 saturated carbocycles. The predicted molar refractivity (Wildman–Crippen MR) is 107 cm³/mol. The Kier molecular flexibility index (Phi) is 7.07. The van der Waals surface area contributed by atoms with Gasteiger partial charge in [-0.1, -0.05) is 57.2 Å². The summed E-state index contributed by atoms with van der Waals surface area (Å²) >= 11 is 0. The number of carbonyl (C=O) groups is 1. The molecule has 2 N–H and O–H groups in total. The number of benzene rings is 2. The van der Waals surface area contributed by atoms with Gasteiger partial charge >= 0.3 is 6.03 Å². The highest BCUT2D eigenvalue weighted by molar-refractivity contribution is 5.74. The SMILES string of the molecule is CCc1ccc(C(C)NC(=O)NC(C)Oc2ccc(C(C)C)cc2)cc1. The van der Waals surface area contributed by atoms with E-state index in [1.807, 2.05) is 26.0 Å². The van der Waals surface area contributed by atoms with Crippen LogP contribution in [0.4, 0.5) is 4.79 Å². The molecule has 2 aromatic rings. The van der Waals surface area contributed by atoms with Crippen molar-refractivity contribution >= 4 is 6.03 Å². The second-order valence-electron chi connectivity index (χ2n) is 6.92. The molecule has 2 unspecified atom stereocenters. The first-order valence-electron chi connectivity index (χ1n) is 9.31. The van der Waals surface area contributed by atoms with E-state index in [-0.39, 0.29) is 12.1 Å². The van der Waals surface area contributed by atoms with Crippen molar-refractivity contribution in [2.75, 3.05) is 0 Å². The number of carbonyl (C=O) groups excluding carboxylic acids is 1. The Balaban J connectivity index is 1.83. The molecule has 0 heterocycles. The van der Waals surface area contributed by atoms with Crippen LogP contribution in [-0.4, -0.2) is 12.3 Å². The second kappa shape index (κ2) is 9.27. The average Bonchev–Trinajstić information content (AvgIpc) is 2.61. The highest BCUT2D eigenvalue weighted by Gasteiger charge is 2.12. The molecule has 0 aromatic heterocycles. The Bertz CT molecular complexity index is 693. The normalized spacial score (nSPS) is 13.2. The van der Waals surface area contributed by atoms with Gasteiger partial charge in [0, 0.05) is 0 Å². The van der Waals surface area contributed by atoms with E-state index >= 15 is 0 Å². The minimum absolute atomic E-state index is 0.0709. The summed E-state index contributed by atoms with van der Waals surface area (Å²) in [5.74, 6) is 1.23. The molecule has 2 atom stereocenters. The summed E-state index contributed by atoms with van der Waals surface area (Å²) in [7, 11) is 0. The van der Waals surface area contributed by atoms with Crippen molar-refractivity contribution in [1.29, 1.82) is 0 Å². The van der Waals surface area contributed by atoms with Gasteiger partial charge in [-0.05, 0) is 55.0 Å². The van der Waals surface area contributed by atoms with Crippen LogP contribution in [0, 0.1) is 0 Å². The number of hydrogen-bond donors (Lipinski definition) is 2. The first-order chi connectivity index (χ1) is 12.4. The van der Waals surface area contributed by atoms with Crippen LogP contribution < -0.4 is 15.4 Å². The van der Waals surface area contributed by atoms with Crippen LogP contribution in [0.3, 0.4) is 0 Å². The lowest BCUT2D eigenvalue weighted by Crippen LogP contribution is -2.44. The number of nitrogens with one attached hydrogen (secondary N) is 2. The molecule has 0 saturated heterocycles. The maximum Gasteiger partial charge on any atom is 0.318 e. The fourth-order valence-electron chi connectivity index (χ4n) is 2.71. The quantitative estimate of drug-likeness (QED) is 0.675. The van der Waals surface area contributed by atoms with E-state index in [4.69, 9.17) is 4.74 Å². The van der Waals surface area contributed by atoms with Gasteiger partial charge in [-0.15, -0.1) is 0 Å². The lowest BCUT2D eigenvalue weighted by molar-refractivity contribution is 0.175. The topological polar surface area (TPSA) is 50.4 Å². The van der Waals surface area contributed by atoms with Gasteiger partial charge < -0.3 is 15.4 Å². The zero-order chi connectivity index (χ0) is 19.1. The van der Waals surface area contributed by atoms with Crippen LogP contribution in [-0.2, 0) is 6.42 Å². The highest BCUT2D eigenvalue weighted by Crippen LogP contribution is 2.19. The average molecular weight is 354 g/mol. The largest absolute Gasteiger partial charge is 0.471 e. The van der Waals surface area contributed by atoms with E-state index in [0.29, 0.717) is 5.92 Å². The zero-order valence-electron chi connectivity index (χ0n) is 16.4. The maximum atomic E-state index is 12.2. The first kappa shape index (κ1) is 19.8. The number of aryl methyl sites for hydroxylation is 1. The van der Waals surface area contributed by atoms with E-state index in [2.05, 4.69) is 67.8 Å². The molecule has 0 aliphatic heterocycles. The second-order valence-corrected chi connectivity index (χ2v) is 6.92. The third-order valence-corrected chi connectivity index (χ3v) is 4.43. The molecule has 140 valence electrons. The van der Waals surface area contributed by atoms with Crippen molar-refractivity contribution in [3.8, 4) is 5.75 Å². The molecule has 0 fully saturated rings. The van der Waals surface area contributed by atoms with Crippen molar-refractivity contribution in [3.63, 3.8) is 0 Å². The molecule has 0 radical (unpaired) electrons. The molecule has 0 bridgehead atoms. The van der Waals surface area contributed by atoms with Crippen molar-refractivity contribution < 1.29 is 9.53 Å². The number of hydrogen-bond acceptors (Lipinski definition) is 2. The Morgan fingerprint density at radius 1 is 0.885 bits per heavy atom. The van der Waals surface area contributed by atoms with E-state index in [9.17, 15) is 4.79 Å². The summed E-state index contributed by atoms with van der Waals surface area (Å²) in [6.07, 6.45) is 0.588. The van der Waals surface area contributed by atoms with Crippen molar-refractivity contribution in [2.45, 2.75) is 59.2 Å².